The van der Waals surface area contributed by atoms with Crippen LogP contribution in [0.15, 0.2) is 122 Å². The third-order valence-corrected chi connectivity index (χ3v) is 12.7. The first-order chi connectivity index (χ1) is 36.5. The van der Waals surface area contributed by atoms with Crippen molar-refractivity contribution in [2.75, 3.05) is 13.2 Å². The second-order valence-corrected chi connectivity index (χ2v) is 19.9. The van der Waals surface area contributed by atoms with Crippen molar-refractivity contribution < 1.29 is 28.6 Å². The van der Waals surface area contributed by atoms with Gasteiger partial charge in [-0.25, -0.2) is 0 Å². The summed E-state index contributed by atoms with van der Waals surface area (Å²) in [7, 11) is 0. The Balaban J connectivity index is 4.27. The summed E-state index contributed by atoms with van der Waals surface area (Å²) < 4.78 is 16.8. The Morgan fingerprint density at radius 3 is 0.824 bits per heavy atom. The van der Waals surface area contributed by atoms with Crippen LogP contribution in [-0.2, 0) is 28.6 Å². The van der Waals surface area contributed by atoms with Gasteiger partial charge in [0.25, 0.3) is 0 Å². The molecular formula is C68H112O6. The summed E-state index contributed by atoms with van der Waals surface area (Å²) in [6.07, 6.45) is 85.0. The van der Waals surface area contributed by atoms with Crippen LogP contribution in [0, 0.1) is 0 Å². The number of carbonyl (C=O) groups is 3. The van der Waals surface area contributed by atoms with E-state index >= 15 is 0 Å². The van der Waals surface area contributed by atoms with Gasteiger partial charge in [-0.2, -0.15) is 0 Å². The van der Waals surface area contributed by atoms with E-state index in [1.54, 1.807) is 0 Å². The normalized spacial score (nSPS) is 13.0. The third kappa shape index (κ3) is 58.7. The van der Waals surface area contributed by atoms with Crippen molar-refractivity contribution in [3.8, 4) is 0 Å². The van der Waals surface area contributed by atoms with Gasteiger partial charge in [-0.15, -0.1) is 0 Å². The second kappa shape index (κ2) is 61.4. The minimum Gasteiger partial charge on any atom is -0.462 e. The van der Waals surface area contributed by atoms with E-state index < -0.39 is 6.10 Å². The van der Waals surface area contributed by atoms with Crippen LogP contribution in [-0.4, -0.2) is 37.2 Å². The van der Waals surface area contributed by atoms with Crippen molar-refractivity contribution >= 4 is 17.9 Å². The van der Waals surface area contributed by atoms with Crippen LogP contribution >= 0.6 is 0 Å². The van der Waals surface area contributed by atoms with Crippen LogP contribution < -0.4 is 0 Å². The molecule has 0 aliphatic rings. The maximum absolute atomic E-state index is 12.9. The zero-order valence-corrected chi connectivity index (χ0v) is 48.1. The Labute approximate surface area is 456 Å². The van der Waals surface area contributed by atoms with E-state index in [1.165, 1.54) is 96.3 Å². The molecule has 0 bridgehead atoms. The summed E-state index contributed by atoms with van der Waals surface area (Å²) in [5, 5.41) is 0. The molecule has 0 heterocycles. The number of allylic oxidation sites excluding steroid dienone is 20. The van der Waals surface area contributed by atoms with Crippen LogP contribution in [0.25, 0.3) is 0 Å². The van der Waals surface area contributed by atoms with Crippen molar-refractivity contribution in [3.05, 3.63) is 122 Å². The van der Waals surface area contributed by atoms with E-state index in [0.717, 1.165) is 135 Å². The Bertz CT molecular complexity index is 1550. The van der Waals surface area contributed by atoms with Crippen molar-refractivity contribution in [1.29, 1.82) is 0 Å². The first-order valence-corrected chi connectivity index (χ1v) is 30.5. The lowest BCUT2D eigenvalue weighted by molar-refractivity contribution is -0.167. The number of hydrogen-bond donors (Lipinski definition) is 0. The summed E-state index contributed by atoms with van der Waals surface area (Å²) >= 11 is 0. The van der Waals surface area contributed by atoms with Gasteiger partial charge in [0.05, 0.1) is 0 Å². The van der Waals surface area contributed by atoms with Crippen LogP contribution in [0.4, 0.5) is 0 Å². The van der Waals surface area contributed by atoms with Gasteiger partial charge in [-0.05, 0) is 109 Å². The van der Waals surface area contributed by atoms with Gasteiger partial charge in [0, 0.05) is 19.3 Å². The molecule has 1 atom stereocenters. The Morgan fingerprint density at radius 1 is 0.284 bits per heavy atom. The van der Waals surface area contributed by atoms with Gasteiger partial charge in [0.15, 0.2) is 6.10 Å². The molecule has 0 aliphatic heterocycles. The van der Waals surface area contributed by atoms with Crippen molar-refractivity contribution in [2.24, 2.45) is 0 Å². The molecule has 74 heavy (non-hydrogen) atoms. The molecule has 0 saturated carbocycles. The maximum atomic E-state index is 12.9. The monoisotopic (exact) mass is 1020 g/mol. The van der Waals surface area contributed by atoms with E-state index in [2.05, 4.69) is 142 Å². The van der Waals surface area contributed by atoms with E-state index in [4.69, 9.17) is 14.2 Å². The van der Waals surface area contributed by atoms with E-state index in [0.29, 0.717) is 19.3 Å². The zero-order valence-electron chi connectivity index (χ0n) is 48.1. The zero-order chi connectivity index (χ0) is 53.6. The Kier molecular flexibility index (Phi) is 57.9. The molecular weight excluding hydrogens is 913 g/mol. The summed E-state index contributed by atoms with van der Waals surface area (Å²) in [4.78, 5) is 38.1. The van der Waals surface area contributed by atoms with Gasteiger partial charge in [0.2, 0.25) is 0 Å². The van der Waals surface area contributed by atoms with E-state index in [-0.39, 0.29) is 31.1 Å². The molecule has 0 saturated heterocycles. The van der Waals surface area contributed by atoms with Crippen molar-refractivity contribution in [3.63, 3.8) is 0 Å². The number of carbonyl (C=O) groups excluding carboxylic acids is 3. The first kappa shape index (κ1) is 69.8. The molecule has 0 aromatic rings. The maximum Gasteiger partial charge on any atom is 0.306 e. The molecule has 0 aromatic carbocycles. The number of rotatable bonds is 54. The molecule has 0 rings (SSSR count). The summed E-state index contributed by atoms with van der Waals surface area (Å²) in [6, 6.07) is 0. The van der Waals surface area contributed by atoms with Gasteiger partial charge >= 0.3 is 17.9 Å². The lowest BCUT2D eigenvalue weighted by Crippen LogP contribution is -2.30. The largest absolute Gasteiger partial charge is 0.462 e. The fraction of sp³-hybridized carbons (Fsp3) is 0.662. The van der Waals surface area contributed by atoms with Gasteiger partial charge in [-0.3, -0.25) is 14.4 Å². The van der Waals surface area contributed by atoms with Crippen LogP contribution in [0.5, 0.6) is 0 Å². The van der Waals surface area contributed by atoms with Crippen molar-refractivity contribution in [2.45, 2.75) is 277 Å². The molecule has 0 aromatic heterocycles. The second-order valence-electron chi connectivity index (χ2n) is 19.9. The van der Waals surface area contributed by atoms with Gasteiger partial charge in [0.1, 0.15) is 13.2 Å². The lowest BCUT2D eigenvalue weighted by Gasteiger charge is -2.18. The number of unbranched alkanes of at least 4 members (excludes halogenated alkanes) is 23. The van der Waals surface area contributed by atoms with Gasteiger partial charge < -0.3 is 14.2 Å². The first-order valence-electron chi connectivity index (χ1n) is 30.5. The highest BCUT2D eigenvalue weighted by Crippen LogP contribution is 2.15. The fourth-order valence-electron chi connectivity index (χ4n) is 8.20. The minimum absolute atomic E-state index is 0.0898. The molecule has 0 radical (unpaired) electrons. The molecule has 0 aliphatic carbocycles. The Morgan fingerprint density at radius 2 is 0.527 bits per heavy atom. The van der Waals surface area contributed by atoms with Gasteiger partial charge in [-0.1, -0.05) is 264 Å². The molecule has 0 spiro atoms. The van der Waals surface area contributed by atoms with E-state index in [1.807, 2.05) is 0 Å². The topological polar surface area (TPSA) is 78.9 Å². The fourth-order valence-corrected chi connectivity index (χ4v) is 8.20. The molecule has 420 valence electrons. The molecule has 0 amide bonds. The third-order valence-electron chi connectivity index (χ3n) is 12.7. The smallest absolute Gasteiger partial charge is 0.306 e. The van der Waals surface area contributed by atoms with Crippen molar-refractivity contribution in [1.82, 2.24) is 0 Å². The predicted molar refractivity (Wildman–Crippen MR) is 320 cm³/mol. The number of esters is 3. The molecule has 1 unspecified atom stereocenters. The predicted octanol–water partition coefficient (Wildman–Crippen LogP) is 20.8. The average Bonchev–Trinajstić information content (AvgIpc) is 3.40. The summed E-state index contributed by atoms with van der Waals surface area (Å²) in [6.45, 7) is 6.37. The summed E-state index contributed by atoms with van der Waals surface area (Å²) in [5.74, 6) is -0.920. The molecule has 0 fully saturated rings. The number of hydrogen-bond acceptors (Lipinski definition) is 6. The molecule has 6 nitrogen and oxygen atoms in total. The lowest BCUT2D eigenvalue weighted by atomic mass is 10.0. The van der Waals surface area contributed by atoms with Crippen LogP contribution in [0.1, 0.15) is 271 Å². The van der Waals surface area contributed by atoms with Crippen LogP contribution in [0.2, 0.25) is 0 Å². The highest BCUT2D eigenvalue weighted by Gasteiger charge is 2.19. The molecule has 6 heteroatoms. The standard InChI is InChI=1S/C68H112O6/c1-4-7-10-13-16-19-21-23-25-27-29-31-33-34-36-37-39-41-43-45-47-49-52-55-58-61-67(70)73-64-65(63-72-66(69)60-57-54-51-18-15-12-9-6-3)74-68(71)62-59-56-53-50-48-46-44-42-40-38-35-32-30-28-26-24-22-20-17-14-11-8-5-2/h7-8,10-11,16-17,19-20,23-26,29-32,38,40,44,46,65H,4-6,9,12-15,18,21-22,27-28,33-37,39,41-43,45,47-64H2,1-3H3/b10-7-,11-8-,19-16-,20-17-,25-23-,26-24-,31-29-,32-30-,40-38-,46-44-. The number of ether oxygens (including phenoxy) is 3. The summed E-state index contributed by atoms with van der Waals surface area (Å²) in [5.41, 5.74) is 0. The van der Waals surface area contributed by atoms with E-state index in [9.17, 15) is 14.4 Å². The highest BCUT2D eigenvalue weighted by molar-refractivity contribution is 5.71. The highest BCUT2D eigenvalue weighted by atomic mass is 16.6. The Hall–Kier alpha value is -4.19. The SMILES string of the molecule is CC/C=C\C/C=C\C/C=C\C/C=C\C/C=C\C/C=C\CCCCCCC(=O)OC(COC(=O)CCCCCCCCCC)COC(=O)CCCCCCCCCCCCCC/C=C\C/C=C\C/C=C\C/C=C\CC. The quantitative estimate of drug-likeness (QED) is 0.0261. The van der Waals surface area contributed by atoms with Crippen LogP contribution in [0.3, 0.4) is 0 Å². The minimum atomic E-state index is -0.793. The average molecular weight is 1030 g/mol. The molecule has 0 N–H and O–H groups in total.